The second kappa shape index (κ2) is 3.42. The number of rotatable bonds is 2. The van der Waals surface area contributed by atoms with Gasteiger partial charge in [-0.05, 0) is 5.56 Å². The van der Waals surface area contributed by atoms with Crippen LogP contribution in [0.3, 0.4) is 0 Å². The smallest absolute Gasteiger partial charge is 0.105 e. The lowest BCUT2D eigenvalue weighted by atomic mass is 9.94. The first-order valence-corrected chi connectivity index (χ1v) is 3.57. The number of hydrogen-bond acceptors (Lipinski definition) is 1. The maximum atomic E-state index is 9.33. The maximum absolute atomic E-state index is 9.33. The molecule has 1 aromatic carbocycles. The zero-order valence-electron chi connectivity index (χ0n) is 6.12. The lowest BCUT2D eigenvalue weighted by Gasteiger charge is -2.05. The van der Waals surface area contributed by atoms with Crippen LogP contribution in [-0.4, -0.2) is 13.0 Å². The van der Waals surface area contributed by atoms with Crippen LogP contribution in [0.2, 0.25) is 6.32 Å². The van der Waals surface area contributed by atoms with Gasteiger partial charge in [0.25, 0.3) is 0 Å². The second-order valence-electron chi connectivity index (χ2n) is 2.33. The summed E-state index contributed by atoms with van der Waals surface area (Å²) in [4.78, 5) is 0. The standard InChI is InChI=1S/C8H11BO/c9-6-8(10)7-4-2-1-3-5-7/h1-5,8,10H,6,9H2. The summed E-state index contributed by atoms with van der Waals surface area (Å²) in [6.07, 6.45) is 0.491. The third-order valence-corrected chi connectivity index (χ3v) is 1.57. The van der Waals surface area contributed by atoms with Crippen molar-refractivity contribution in [1.29, 1.82) is 0 Å². The Bertz CT molecular complexity index is 186. The van der Waals surface area contributed by atoms with Crippen LogP contribution >= 0.6 is 0 Å². The highest BCUT2D eigenvalue weighted by Gasteiger charge is 2.00. The molecule has 1 nitrogen and oxygen atoms in total. The van der Waals surface area contributed by atoms with E-state index in [1.165, 1.54) is 0 Å². The molecule has 0 aliphatic rings. The van der Waals surface area contributed by atoms with Gasteiger partial charge < -0.3 is 5.11 Å². The summed E-state index contributed by atoms with van der Waals surface area (Å²) in [6, 6.07) is 9.70. The molecular weight excluding hydrogens is 123 g/mol. The molecule has 0 saturated heterocycles. The molecule has 0 amide bonds. The Labute approximate surface area is 62.1 Å². The molecule has 10 heavy (non-hydrogen) atoms. The lowest BCUT2D eigenvalue weighted by Crippen LogP contribution is -1.94. The molecule has 0 fully saturated rings. The maximum Gasteiger partial charge on any atom is 0.105 e. The van der Waals surface area contributed by atoms with E-state index in [4.69, 9.17) is 0 Å². The Balaban J connectivity index is 2.75. The third kappa shape index (κ3) is 1.61. The monoisotopic (exact) mass is 134 g/mol. The van der Waals surface area contributed by atoms with Crippen LogP contribution in [0, 0.1) is 0 Å². The molecule has 1 N–H and O–H groups in total. The fourth-order valence-electron chi connectivity index (χ4n) is 0.911. The Morgan fingerprint density at radius 2 is 1.90 bits per heavy atom. The minimum atomic E-state index is -0.291. The van der Waals surface area contributed by atoms with Gasteiger partial charge in [-0.2, -0.15) is 0 Å². The minimum absolute atomic E-state index is 0.291. The largest absolute Gasteiger partial charge is 0.389 e. The van der Waals surface area contributed by atoms with Crippen LogP contribution in [0.5, 0.6) is 0 Å². The van der Waals surface area contributed by atoms with Crippen molar-refractivity contribution in [2.24, 2.45) is 0 Å². The quantitative estimate of drug-likeness (QED) is 0.592. The number of aliphatic hydroxyl groups is 1. The van der Waals surface area contributed by atoms with Gasteiger partial charge in [-0.15, -0.1) is 0 Å². The molecule has 0 aromatic heterocycles. The van der Waals surface area contributed by atoms with Gasteiger partial charge >= 0.3 is 0 Å². The normalized spacial score (nSPS) is 12.9. The summed E-state index contributed by atoms with van der Waals surface area (Å²) >= 11 is 0. The van der Waals surface area contributed by atoms with Gasteiger partial charge in [-0.1, -0.05) is 36.7 Å². The average molecular weight is 134 g/mol. The molecule has 0 aliphatic heterocycles. The van der Waals surface area contributed by atoms with Gasteiger partial charge in [0.05, 0.1) is 6.10 Å². The molecule has 1 atom stereocenters. The predicted octanol–water partition coefficient (Wildman–Crippen LogP) is 0.771. The second-order valence-corrected chi connectivity index (χ2v) is 2.33. The Morgan fingerprint density at radius 1 is 1.30 bits per heavy atom. The Morgan fingerprint density at radius 3 is 2.40 bits per heavy atom. The highest BCUT2D eigenvalue weighted by molar-refractivity contribution is 6.08. The van der Waals surface area contributed by atoms with Crippen LogP contribution in [0.15, 0.2) is 30.3 Å². The number of aliphatic hydroxyl groups excluding tert-OH is 1. The van der Waals surface area contributed by atoms with E-state index < -0.39 is 0 Å². The summed E-state index contributed by atoms with van der Waals surface area (Å²) in [6.45, 7) is 0. The fourth-order valence-corrected chi connectivity index (χ4v) is 0.911. The van der Waals surface area contributed by atoms with E-state index in [1.54, 1.807) is 0 Å². The zero-order chi connectivity index (χ0) is 7.40. The SMILES string of the molecule is BCC(O)c1ccccc1. The van der Waals surface area contributed by atoms with Crippen molar-refractivity contribution in [2.75, 3.05) is 0 Å². The number of benzene rings is 1. The summed E-state index contributed by atoms with van der Waals surface area (Å²) in [7, 11) is 1.97. The van der Waals surface area contributed by atoms with E-state index in [0.717, 1.165) is 11.9 Å². The van der Waals surface area contributed by atoms with Gasteiger partial charge in [-0.3, -0.25) is 0 Å². The average Bonchev–Trinajstić information content (AvgIpc) is 2.05. The van der Waals surface area contributed by atoms with Crippen LogP contribution in [0.1, 0.15) is 11.7 Å². The third-order valence-electron chi connectivity index (χ3n) is 1.57. The summed E-state index contributed by atoms with van der Waals surface area (Å²) < 4.78 is 0. The van der Waals surface area contributed by atoms with Gasteiger partial charge in [-0.25, -0.2) is 0 Å². The summed E-state index contributed by atoms with van der Waals surface area (Å²) in [5.74, 6) is 0. The molecule has 1 rings (SSSR count). The van der Waals surface area contributed by atoms with Crippen molar-refractivity contribution in [1.82, 2.24) is 0 Å². The first-order valence-electron chi connectivity index (χ1n) is 3.57. The Kier molecular flexibility index (Phi) is 2.52. The first-order chi connectivity index (χ1) is 4.84. The van der Waals surface area contributed by atoms with Gasteiger partial charge in [0.1, 0.15) is 7.85 Å². The topological polar surface area (TPSA) is 20.2 Å². The van der Waals surface area contributed by atoms with Crippen molar-refractivity contribution in [3.63, 3.8) is 0 Å². The number of hydrogen-bond donors (Lipinski definition) is 1. The van der Waals surface area contributed by atoms with Crippen LogP contribution < -0.4 is 0 Å². The van der Waals surface area contributed by atoms with Crippen molar-refractivity contribution in [3.8, 4) is 0 Å². The molecule has 0 radical (unpaired) electrons. The molecule has 0 saturated carbocycles. The zero-order valence-corrected chi connectivity index (χ0v) is 6.12. The predicted molar refractivity (Wildman–Crippen MR) is 44.8 cm³/mol. The van der Waals surface area contributed by atoms with E-state index in [2.05, 4.69) is 0 Å². The van der Waals surface area contributed by atoms with Crippen molar-refractivity contribution >= 4 is 7.85 Å². The highest BCUT2D eigenvalue weighted by Crippen LogP contribution is 2.13. The van der Waals surface area contributed by atoms with E-state index >= 15 is 0 Å². The van der Waals surface area contributed by atoms with E-state index in [9.17, 15) is 5.11 Å². The molecule has 52 valence electrons. The van der Waals surface area contributed by atoms with Crippen molar-refractivity contribution in [2.45, 2.75) is 12.4 Å². The van der Waals surface area contributed by atoms with Gasteiger partial charge in [0.15, 0.2) is 0 Å². The molecule has 0 bridgehead atoms. The van der Waals surface area contributed by atoms with Gasteiger partial charge in [0, 0.05) is 0 Å². The first kappa shape index (κ1) is 7.35. The van der Waals surface area contributed by atoms with Gasteiger partial charge in [0.2, 0.25) is 0 Å². The fraction of sp³-hybridized carbons (Fsp3) is 0.250. The molecular formula is C8H11BO. The molecule has 0 spiro atoms. The van der Waals surface area contributed by atoms with Crippen LogP contribution in [0.25, 0.3) is 0 Å². The molecule has 1 aromatic rings. The van der Waals surface area contributed by atoms with Crippen LogP contribution in [-0.2, 0) is 0 Å². The molecule has 0 aliphatic carbocycles. The summed E-state index contributed by atoms with van der Waals surface area (Å²) in [5, 5.41) is 9.33. The molecule has 0 heterocycles. The molecule has 2 heteroatoms. The van der Waals surface area contributed by atoms with E-state index in [1.807, 2.05) is 38.2 Å². The van der Waals surface area contributed by atoms with E-state index in [-0.39, 0.29) is 6.10 Å². The van der Waals surface area contributed by atoms with Crippen molar-refractivity contribution < 1.29 is 5.11 Å². The van der Waals surface area contributed by atoms with Crippen LogP contribution in [0.4, 0.5) is 0 Å². The minimum Gasteiger partial charge on any atom is -0.389 e. The van der Waals surface area contributed by atoms with Crippen molar-refractivity contribution in [3.05, 3.63) is 35.9 Å². The lowest BCUT2D eigenvalue weighted by molar-refractivity contribution is 0.200. The Hall–Kier alpha value is -0.755. The molecule has 1 unspecified atom stereocenters. The van der Waals surface area contributed by atoms with E-state index in [0.29, 0.717) is 0 Å². The highest BCUT2D eigenvalue weighted by atomic mass is 16.3. The summed E-state index contributed by atoms with van der Waals surface area (Å²) in [5.41, 5.74) is 1.00.